The van der Waals surface area contributed by atoms with Crippen LogP contribution in [0.1, 0.15) is 46.5 Å². The van der Waals surface area contributed by atoms with Gasteiger partial charge >= 0.3 is 12.1 Å². The van der Waals surface area contributed by atoms with Gasteiger partial charge in [-0.3, -0.25) is 4.79 Å². The van der Waals surface area contributed by atoms with Crippen LogP contribution in [0.5, 0.6) is 0 Å². The predicted octanol–water partition coefficient (Wildman–Crippen LogP) is 2.74. The molecule has 0 bridgehead atoms. The molecule has 20 heavy (non-hydrogen) atoms. The van der Waals surface area contributed by atoms with E-state index in [9.17, 15) is 9.59 Å². The van der Waals surface area contributed by atoms with Crippen molar-refractivity contribution in [2.45, 2.75) is 52.6 Å². The van der Waals surface area contributed by atoms with E-state index in [1.54, 1.807) is 0 Å². The topological polar surface area (TPSA) is 64.6 Å². The van der Waals surface area contributed by atoms with Gasteiger partial charge in [-0.15, -0.1) is 0 Å². The molecule has 1 rings (SSSR count). The molecule has 0 saturated heterocycles. The van der Waals surface area contributed by atoms with Crippen molar-refractivity contribution in [1.82, 2.24) is 5.32 Å². The van der Waals surface area contributed by atoms with Crippen LogP contribution in [0, 0.1) is 17.8 Å². The Morgan fingerprint density at radius 1 is 1.30 bits per heavy atom. The monoisotopic (exact) mass is 285 g/mol. The molecular weight excluding hydrogens is 258 g/mol. The van der Waals surface area contributed by atoms with Crippen LogP contribution in [0.4, 0.5) is 4.79 Å². The van der Waals surface area contributed by atoms with Crippen LogP contribution < -0.4 is 5.32 Å². The van der Waals surface area contributed by atoms with Gasteiger partial charge in [0, 0.05) is 6.54 Å². The molecular formula is C15H27NO4. The van der Waals surface area contributed by atoms with E-state index in [0.717, 1.165) is 12.8 Å². The lowest BCUT2D eigenvalue weighted by Crippen LogP contribution is -2.39. The maximum Gasteiger partial charge on any atom is 0.407 e. The van der Waals surface area contributed by atoms with Crippen LogP contribution in [0.2, 0.25) is 0 Å². The van der Waals surface area contributed by atoms with Crippen molar-refractivity contribution in [3.05, 3.63) is 0 Å². The second-order valence-corrected chi connectivity index (χ2v) is 6.02. The zero-order valence-electron chi connectivity index (χ0n) is 13.0. The third-order valence-electron chi connectivity index (χ3n) is 4.05. The highest BCUT2D eigenvalue weighted by Crippen LogP contribution is 2.35. The Hall–Kier alpha value is -1.26. The van der Waals surface area contributed by atoms with Gasteiger partial charge in [0.05, 0.1) is 13.5 Å². The molecule has 3 atom stereocenters. The number of hydrogen-bond acceptors (Lipinski definition) is 4. The van der Waals surface area contributed by atoms with Gasteiger partial charge in [-0.05, 0) is 30.6 Å². The quantitative estimate of drug-likeness (QED) is 0.789. The molecule has 1 aliphatic carbocycles. The lowest BCUT2D eigenvalue weighted by molar-refractivity contribution is -0.140. The molecule has 5 nitrogen and oxygen atoms in total. The van der Waals surface area contributed by atoms with E-state index in [4.69, 9.17) is 4.74 Å². The first-order valence-electron chi connectivity index (χ1n) is 7.45. The minimum absolute atomic E-state index is 0.0168. The number of alkyl carbamates (subject to hydrolysis) is 1. The van der Waals surface area contributed by atoms with E-state index in [1.165, 1.54) is 13.5 Å². The summed E-state index contributed by atoms with van der Waals surface area (Å²) in [6.07, 6.45) is 2.95. The minimum atomic E-state index is -0.432. The molecule has 0 aromatic carbocycles. The molecule has 0 radical (unpaired) electrons. The minimum Gasteiger partial charge on any atom is -0.469 e. The molecule has 3 unspecified atom stereocenters. The van der Waals surface area contributed by atoms with Crippen molar-refractivity contribution in [2.24, 2.45) is 17.8 Å². The van der Waals surface area contributed by atoms with Gasteiger partial charge in [-0.1, -0.05) is 27.2 Å². The number of rotatable bonds is 5. The molecule has 1 amide bonds. The number of amides is 1. The fourth-order valence-corrected chi connectivity index (χ4v) is 2.80. The van der Waals surface area contributed by atoms with Crippen LogP contribution in [0.3, 0.4) is 0 Å². The van der Waals surface area contributed by atoms with E-state index < -0.39 is 6.09 Å². The molecule has 1 aliphatic rings. The van der Waals surface area contributed by atoms with Crippen LogP contribution in [0.25, 0.3) is 0 Å². The second-order valence-electron chi connectivity index (χ2n) is 6.02. The normalized spacial score (nSPS) is 26.1. The maximum absolute atomic E-state index is 11.8. The molecule has 0 spiro atoms. The van der Waals surface area contributed by atoms with Gasteiger partial charge in [0.25, 0.3) is 0 Å². The fraction of sp³-hybridized carbons (Fsp3) is 0.867. The summed E-state index contributed by atoms with van der Waals surface area (Å²) in [6.45, 7) is 6.79. The number of carbonyl (C=O) groups excluding carboxylic acids is 2. The van der Waals surface area contributed by atoms with E-state index in [-0.39, 0.29) is 25.0 Å². The van der Waals surface area contributed by atoms with Gasteiger partial charge in [0.15, 0.2) is 0 Å². The fourth-order valence-electron chi connectivity index (χ4n) is 2.80. The first-order chi connectivity index (χ1) is 9.43. The summed E-state index contributed by atoms with van der Waals surface area (Å²) in [7, 11) is 1.33. The van der Waals surface area contributed by atoms with Crippen LogP contribution in [0.15, 0.2) is 0 Å². The first kappa shape index (κ1) is 16.8. The van der Waals surface area contributed by atoms with Gasteiger partial charge < -0.3 is 14.8 Å². The van der Waals surface area contributed by atoms with Gasteiger partial charge in [0.2, 0.25) is 0 Å². The zero-order chi connectivity index (χ0) is 15.1. The smallest absolute Gasteiger partial charge is 0.407 e. The van der Waals surface area contributed by atoms with E-state index in [2.05, 4.69) is 30.8 Å². The molecule has 1 N–H and O–H groups in total. The number of hydrogen-bond donors (Lipinski definition) is 1. The van der Waals surface area contributed by atoms with Crippen LogP contribution in [-0.4, -0.2) is 31.8 Å². The largest absolute Gasteiger partial charge is 0.469 e. The number of esters is 1. The van der Waals surface area contributed by atoms with Crippen molar-refractivity contribution in [3.8, 4) is 0 Å². The SMILES string of the molecule is COC(=O)CCNC(=O)OC1CC(C)CCC1C(C)C. The third-order valence-corrected chi connectivity index (χ3v) is 4.05. The van der Waals surface area contributed by atoms with E-state index in [1.807, 2.05) is 0 Å². The van der Waals surface area contributed by atoms with Crippen molar-refractivity contribution in [3.63, 3.8) is 0 Å². The lowest BCUT2D eigenvalue weighted by Gasteiger charge is -2.36. The van der Waals surface area contributed by atoms with Crippen molar-refractivity contribution in [2.75, 3.05) is 13.7 Å². The molecule has 116 valence electrons. The third kappa shape index (κ3) is 5.39. The number of nitrogens with one attached hydrogen (secondary N) is 1. The molecule has 1 fully saturated rings. The summed E-state index contributed by atoms with van der Waals surface area (Å²) in [5, 5.41) is 2.61. The number of ether oxygens (including phenoxy) is 2. The Bertz CT molecular complexity index is 330. The van der Waals surface area contributed by atoms with Crippen molar-refractivity contribution >= 4 is 12.1 Å². The first-order valence-corrected chi connectivity index (χ1v) is 7.45. The van der Waals surface area contributed by atoms with E-state index in [0.29, 0.717) is 17.8 Å². The summed E-state index contributed by atoms with van der Waals surface area (Å²) in [5.41, 5.74) is 0. The highest BCUT2D eigenvalue weighted by atomic mass is 16.6. The van der Waals surface area contributed by atoms with Crippen molar-refractivity contribution in [1.29, 1.82) is 0 Å². The lowest BCUT2D eigenvalue weighted by atomic mass is 9.75. The summed E-state index contributed by atoms with van der Waals surface area (Å²) in [5.74, 6) is 1.20. The van der Waals surface area contributed by atoms with Gasteiger partial charge in [-0.25, -0.2) is 4.79 Å². The molecule has 0 aromatic rings. The standard InChI is InChI=1S/C15H27NO4/c1-10(2)12-6-5-11(3)9-13(12)20-15(18)16-8-7-14(17)19-4/h10-13H,5-9H2,1-4H3,(H,16,18). The Morgan fingerprint density at radius 2 is 2.00 bits per heavy atom. The number of carbonyl (C=O) groups is 2. The van der Waals surface area contributed by atoms with Gasteiger partial charge in [-0.2, -0.15) is 0 Å². The van der Waals surface area contributed by atoms with E-state index >= 15 is 0 Å². The molecule has 0 aliphatic heterocycles. The average Bonchev–Trinajstić information content (AvgIpc) is 2.38. The Labute approximate surface area is 121 Å². The Morgan fingerprint density at radius 3 is 2.60 bits per heavy atom. The second kappa shape index (κ2) is 8.12. The molecule has 0 heterocycles. The van der Waals surface area contributed by atoms with Crippen LogP contribution >= 0.6 is 0 Å². The molecule has 1 saturated carbocycles. The van der Waals surface area contributed by atoms with Gasteiger partial charge in [0.1, 0.15) is 6.10 Å². The predicted molar refractivity (Wildman–Crippen MR) is 76.2 cm³/mol. The highest BCUT2D eigenvalue weighted by Gasteiger charge is 2.33. The highest BCUT2D eigenvalue weighted by molar-refractivity contribution is 5.71. The summed E-state index contributed by atoms with van der Waals surface area (Å²) < 4.78 is 10.1. The van der Waals surface area contributed by atoms with Crippen molar-refractivity contribution < 1.29 is 19.1 Å². The van der Waals surface area contributed by atoms with Crippen LogP contribution in [-0.2, 0) is 14.3 Å². The zero-order valence-corrected chi connectivity index (χ0v) is 13.0. The number of methoxy groups -OCH3 is 1. The molecule has 0 aromatic heterocycles. The average molecular weight is 285 g/mol. The summed E-state index contributed by atoms with van der Waals surface area (Å²) in [4.78, 5) is 22.7. The summed E-state index contributed by atoms with van der Waals surface area (Å²) >= 11 is 0. The Kier molecular flexibility index (Phi) is 6.82. The maximum atomic E-state index is 11.8. The molecule has 5 heteroatoms. The Balaban J connectivity index is 2.39. The summed E-state index contributed by atoms with van der Waals surface area (Å²) in [6, 6.07) is 0.